The van der Waals surface area contributed by atoms with E-state index in [0.717, 1.165) is 5.56 Å². The molecule has 0 aliphatic carbocycles. The molecule has 1 N–H and O–H groups in total. The molecule has 0 radical (unpaired) electrons. The van der Waals surface area contributed by atoms with Crippen LogP contribution in [0.15, 0.2) is 47.4 Å². The highest BCUT2D eigenvalue weighted by atomic mass is 32.2. The molecule has 0 heterocycles. The lowest BCUT2D eigenvalue weighted by molar-refractivity contribution is 0.0943. The normalized spacial score (nSPS) is 11.3. The maximum Gasteiger partial charge on any atom is 0.264 e. The van der Waals surface area contributed by atoms with E-state index < -0.39 is 10.0 Å². The van der Waals surface area contributed by atoms with Crippen molar-refractivity contribution in [2.45, 2.75) is 31.7 Å². The van der Waals surface area contributed by atoms with Gasteiger partial charge in [-0.25, -0.2) is 8.42 Å². The third kappa shape index (κ3) is 4.16. The number of carbonyl (C=O) groups excluding carboxylic acids is 1. The molecule has 0 aliphatic heterocycles. The minimum Gasteiger partial charge on any atom is -0.497 e. The molecule has 0 fully saturated rings. The van der Waals surface area contributed by atoms with Crippen LogP contribution in [0.4, 0.5) is 5.69 Å². The largest absolute Gasteiger partial charge is 0.497 e. The van der Waals surface area contributed by atoms with Crippen LogP contribution in [0.5, 0.6) is 5.75 Å². The predicted octanol–water partition coefficient (Wildman–Crippen LogP) is 2.97. The summed E-state index contributed by atoms with van der Waals surface area (Å²) in [6, 6.07) is 11.2. The SMILES string of the molecule is COc1ccc(S(=O)(=O)N(C)c2cc(C(=O)NC(C)C)ccc2C)cc1. The first-order chi connectivity index (χ1) is 12.2. The lowest BCUT2D eigenvalue weighted by Gasteiger charge is -2.22. The first kappa shape index (κ1) is 19.8. The van der Waals surface area contributed by atoms with Crippen LogP contribution in [-0.4, -0.2) is 34.5 Å². The number of ether oxygens (including phenoxy) is 1. The molecule has 0 atom stereocenters. The highest BCUT2D eigenvalue weighted by molar-refractivity contribution is 7.92. The number of nitrogens with one attached hydrogen (secondary N) is 1. The van der Waals surface area contributed by atoms with Gasteiger partial charge in [0.25, 0.3) is 15.9 Å². The van der Waals surface area contributed by atoms with Crippen LogP contribution in [-0.2, 0) is 10.0 Å². The summed E-state index contributed by atoms with van der Waals surface area (Å²) in [5.41, 5.74) is 1.62. The molecule has 0 aliphatic rings. The lowest BCUT2D eigenvalue weighted by Crippen LogP contribution is -2.31. The Morgan fingerprint density at radius 1 is 1.12 bits per heavy atom. The summed E-state index contributed by atoms with van der Waals surface area (Å²) in [6.45, 7) is 5.54. The Balaban J connectivity index is 2.40. The molecule has 1 amide bonds. The number of carbonyl (C=O) groups is 1. The summed E-state index contributed by atoms with van der Waals surface area (Å²) in [7, 11) is -0.760. The van der Waals surface area contributed by atoms with Crippen LogP contribution in [0, 0.1) is 6.92 Å². The molecule has 0 saturated carbocycles. The van der Waals surface area contributed by atoms with Gasteiger partial charge >= 0.3 is 0 Å². The van der Waals surface area contributed by atoms with E-state index in [1.807, 2.05) is 13.8 Å². The lowest BCUT2D eigenvalue weighted by atomic mass is 10.1. The number of methoxy groups -OCH3 is 1. The van der Waals surface area contributed by atoms with E-state index in [-0.39, 0.29) is 16.8 Å². The molecule has 2 rings (SSSR count). The number of nitrogens with zero attached hydrogens (tertiary/aromatic N) is 1. The number of benzene rings is 2. The van der Waals surface area contributed by atoms with Crippen molar-refractivity contribution in [1.82, 2.24) is 5.32 Å². The van der Waals surface area contributed by atoms with Gasteiger partial charge in [0.05, 0.1) is 17.7 Å². The van der Waals surface area contributed by atoms with E-state index in [1.165, 1.54) is 30.6 Å². The molecule has 0 spiro atoms. The van der Waals surface area contributed by atoms with Crippen LogP contribution >= 0.6 is 0 Å². The number of sulfonamides is 1. The van der Waals surface area contributed by atoms with Crippen LogP contribution < -0.4 is 14.4 Å². The fourth-order valence-corrected chi connectivity index (χ4v) is 3.72. The number of amides is 1. The van der Waals surface area contributed by atoms with E-state index in [9.17, 15) is 13.2 Å². The molecular formula is C19H24N2O4S. The number of rotatable bonds is 6. The number of aryl methyl sites for hydroxylation is 1. The van der Waals surface area contributed by atoms with E-state index >= 15 is 0 Å². The van der Waals surface area contributed by atoms with Gasteiger partial charge in [0.1, 0.15) is 5.75 Å². The van der Waals surface area contributed by atoms with Crippen molar-refractivity contribution in [1.29, 1.82) is 0 Å². The number of hydrogen-bond acceptors (Lipinski definition) is 4. The van der Waals surface area contributed by atoms with Gasteiger partial charge in [-0.2, -0.15) is 0 Å². The second-order valence-corrected chi connectivity index (χ2v) is 8.25. The van der Waals surface area contributed by atoms with Gasteiger partial charge in [0, 0.05) is 18.7 Å². The van der Waals surface area contributed by atoms with Crippen LogP contribution in [0.25, 0.3) is 0 Å². The van der Waals surface area contributed by atoms with E-state index in [2.05, 4.69) is 5.32 Å². The molecular weight excluding hydrogens is 352 g/mol. The Bertz CT molecular complexity index is 890. The molecule has 7 heteroatoms. The average molecular weight is 376 g/mol. The summed E-state index contributed by atoms with van der Waals surface area (Å²) in [6.07, 6.45) is 0. The van der Waals surface area contributed by atoms with Gasteiger partial charge in [-0.15, -0.1) is 0 Å². The maximum absolute atomic E-state index is 12.9. The highest BCUT2D eigenvalue weighted by Crippen LogP contribution is 2.27. The van der Waals surface area contributed by atoms with Crippen molar-refractivity contribution in [3.05, 3.63) is 53.6 Å². The number of anilines is 1. The van der Waals surface area contributed by atoms with Crippen molar-refractivity contribution in [3.8, 4) is 5.75 Å². The summed E-state index contributed by atoms with van der Waals surface area (Å²) >= 11 is 0. The van der Waals surface area contributed by atoms with Crippen LogP contribution in [0.3, 0.4) is 0 Å². The molecule has 26 heavy (non-hydrogen) atoms. The Morgan fingerprint density at radius 2 is 1.73 bits per heavy atom. The quantitative estimate of drug-likeness (QED) is 0.841. The minimum atomic E-state index is -3.76. The van der Waals surface area contributed by atoms with Crippen molar-refractivity contribution in [3.63, 3.8) is 0 Å². The molecule has 0 aromatic heterocycles. The van der Waals surface area contributed by atoms with E-state index in [0.29, 0.717) is 17.0 Å². The minimum absolute atomic E-state index is 0.00647. The Labute approximate surface area is 154 Å². The van der Waals surface area contributed by atoms with Gasteiger partial charge in [0.15, 0.2) is 0 Å². The van der Waals surface area contributed by atoms with Crippen LogP contribution in [0.2, 0.25) is 0 Å². The fourth-order valence-electron chi connectivity index (χ4n) is 2.47. The molecule has 2 aromatic carbocycles. The average Bonchev–Trinajstić information content (AvgIpc) is 2.60. The molecule has 0 saturated heterocycles. The fraction of sp³-hybridized carbons (Fsp3) is 0.316. The number of hydrogen-bond donors (Lipinski definition) is 1. The van der Waals surface area contributed by atoms with Gasteiger partial charge < -0.3 is 10.1 Å². The zero-order valence-corrected chi connectivity index (χ0v) is 16.4. The molecule has 6 nitrogen and oxygen atoms in total. The van der Waals surface area contributed by atoms with Gasteiger partial charge in [-0.3, -0.25) is 9.10 Å². The third-order valence-electron chi connectivity index (χ3n) is 3.95. The monoisotopic (exact) mass is 376 g/mol. The predicted molar refractivity (Wildman–Crippen MR) is 102 cm³/mol. The summed E-state index contributed by atoms with van der Waals surface area (Å²) < 4.78 is 32.1. The zero-order chi connectivity index (χ0) is 19.5. The van der Waals surface area contributed by atoms with Gasteiger partial charge in [-0.1, -0.05) is 6.07 Å². The van der Waals surface area contributed by atoms with Gasteiger partial charge in [0.2, 0.25) is 0 Å². The second-order valence-electron chi connectivity index (χ2n) is 6.28. The molecule has 140 valence electrons. The Morgan fingerprint density at radius 3 is 2.27 bits per heavy atom. The Kier molecular flexibility index (Phi) is 5.92. The van der Waals surface area contributed by atoms with E-state index in [1.54, 1.807) is 37.3 Å². The Hall–Kier alpha value is -2.54. The zero-order valence-electron chi connectivity index (χ0n) is 15.6. The van der Waals surface area contributed by atoms with Crippen LogP contribution in [0.1, 0.15) is 29.8 Å². The summed E-state index contributed by atoms with van der Waals surface area (Å²) in [5.74, 6) is 0.339. The third-order valence-corrected chi connectivity index (χ3v) is 5.73. The first-order valence-electron chi connectivity index (χ1n) is 8.21. The highest BCUT2D eigenvalue weighted by Gasteiger charge is 2.23. The summed E-state index contributed by atoms with van der Waals surface area (Å²) in [4.78, 5) is 12.4. The standard InChI is InChI=1S/C19H24N2O4S/c1-13(2)20-19(22)15-7-6-14(3)18(12-15)21(4)26(23,24)17-10-8-16(25-5)9-11-17/h6-13H,1-5H3,(H,20,22). The van der Waals surface area contributed by atoms with E-state index in [4.69, 9.17) is 4.74 Å². The molecule has 0 unspecified atom stereocenters. The first-order valence-corrected chi connectivity index (χ1v) is 9.65. The van der Waals surface area contributed by atoms with Gasteiger partial charge in [-0.05, 0) is 62.7 Å². The molecule has 0 bridgehead atoms. The molecule has 2 aromatic rings. The van der Waals surface area contributed by atoms with Crippen molar-refractivity contribution in [2.24, 2.45) is 0 Å². The summed E-state index contributed by atoms with van der Waals surface area (Å²) in [5, 5.41) is 2.81. The smallest absolute Gasteiger partial charge is 0.264 e. The topological polar surface area (TPSA) is 75.7 Å². The second kappa shape index (κ2) is 7.78. The van der Waals surface area contributed by atoms with Crippen molar-refractivity contribution < 1.29 is 17.9 Å². The van der Waals surface area contributed by atoms with Crippen molar-refractivity contribution in [2.75, 3.05) is 18.5 Å². The van der Waals surface area contributed by atoms with Crippen molar-refractivity contribution >= 4 is 21.6 Å². The maximum atomic E-state index is 12.9.